The first-order chi connectivity index (χ1) is 34.1. The average Bonchev–Trinajstić information content (AvgIpc) is 3.39. The van der Waals surface area contributed by atoms with Gasteiger partial charge in [0, 0.05) is 47.6 Å². The lowest BCUT2D eigenvalue weighted by molar-refractivity contribution is -0.131. The number of hydrogen-bond donors (Lipinski definition) is 8. The fraction of sp³-hybridized carbons (Fsp3) is 0.250. The van der Waals surface area contributed by atoms with Crippen molar-refractivity contribution in [3.8, 4) is 0 Å². The van der Waals surface area contributed by atoms with Crippen molar-refractivity contribution >= 4 is 85.4 Å². The van der Waals surface area contributed by atoms with Gasteiger partial charge >= 0.3 is 6.09 Å². The zero-order chi connectivity index (χ0) is 49.5. The summed E-state index contributed by atoms with van der Waals surface area (Å²) in [5, 5.41) is 31.1. The Morgan fingerprint density at radius 3 is 1.36 bits per heavy atom. The van der Waals surface area contributed by atoms with Gasteiger partial charge < -0.3 is 26.0 Å². The van der Waals surface area contributed by atoms with Crippen molar-refractivity contribution in [2.24, 2.45) is 5.92 Å². The van der Waals surface area contributed by atoms with Crippen molar-refractivity contribution in [2.45, 2.75) is 76.9 Å². The molecule has 7 rings (SSSR count). The van der Waals surface area contributed by atoms with E-state index < -0.39 is 41.7 Å². The lowest BCUT2D eigenvalue weighted by atomic mass is 9.98. The second-order valence-electron chi connectivity index (χ2n) is 16.2. The molecule has 8 N–H and O–H groups in total. The van der Waals surface area contributed by atoms with Gasteiger partial charge in [-0.25, -0.2) is 15.8 Å². The van der Waals surface area contributed by atoms with Crippen LogP contribution in [0.15, 0.2) is 140 Å². The molecule has 18 heteroatoms. The molecule has 0 unspecified atom stereocenters. The second-order valence-corrected chi connectivity index (χ2v) is 16.2. The van der Waals surface area contributed by atoms with Crippen LogP contribution in [0.25, 0.3) is 32.7 Å². The first-order valence-electron chi connectivity index (χ1n) is 22.9. The quantitative estimate of drug-likeness (QED) is 0.0146. The molecule has 7 aromatic rings. The highest BCUT2D eigenvalue weighted by atomic mass is 16.5. The molecule has 6 amide bonds. The van der Waals surface area contributed by atoms with E-state index in [1.54, 1.807) is 47.7 Å². The van der Waals surface area contributed by atoms with Crippen LogP contribution < -0.4 is 32.2 Å². The van der Waals surface area contributed by atoms with Crippen LogP contribution in [0.5, 0.6) is 0 Å². The van der Waals surface area contributed by atoms with E-state index in [9.17, 15) is 28.8 Å². The summed E-state index contributed by atoms with van der Waals surface area (Å²) in [4.78, 5) is 87.7. The number of aromatic nitrogens is 3. The van der Waals surface area contributed by atoms with Crippen molar-refractivity contribution < 1.29 is 43.9 Å². The summed E-state index contributed by atoms with van der Waals surface area (Å²) in [6.07, 6.45) is 8.73. The third kappa shape index (κ3) is 15.3. The summed E-state index contributed by atoms with van der Waals surface area (Å²) in [5.74, 6) is -3.16. The third-order valence-corrected chi connectivity index (χ3v) is 11.2. The average molecular weight is 950 g/mol. The maximum absolute atomic E-state index is 13.4. The summed E-state index contributed by atoms with van der Waals surface area (Å²) in [6.45, 7) is 0.0878. The van der Waals surface area contributed by atoms with Crippen LogP contribution in [-0.2, 0) is 35.3 Å². The molecule has 4 aromatic carbocycles. The van der Waals surface area contributed by atoms with Gasteiger partial charge in [-0.3, -0.25) is 49.3 Å². The molecule has 0 aliphatic rings. The van der Waals surface area contributed by atoms with Gasteiger partial charge in [0.05, 0.1) is 33.6 Å². The zero-order valence-electron chi connectivity index (χ0n) is 38.3. The van der Waals surface area contributed by atoms with Gasteiger partial charge in [-0.05, 0) is 67.6 Å². The third-order valence-electron chi connectivity index (χ3n) is 11.2. The number of anilines is 3. The summed E-state index contributed by atoms with van der Waals surface area (Å²) < 4.78 is 5.28. The Hall–Kier alpha value is -8.35. The van der Waals surface area contributed by atoms with E-state index in [4.69, 9.17) is 15.2 Å². The SMILES string of the molecule is O=C(CCCCCC(C(=O)Nc1cccc2cccnc12)C(=O)Nc1cccc2cccnc12)NO.O=C(CCCCC[C@H](NC(=O)OCc1ccccc1)C(=O)Nc1cccc2cccnc12)NO. The largest absolute Gasteiger partial charge is 0.445 e. The highest BCUT2D eigenvalue weighted by Gasteiger charge is 2.28. The lowest BCUT2D eigenvalue weighted by Crippen LogP contribution is -2.44. The Balaban J connectivity index is 0.000000230. The highest BCUT2D eigenvalue weighted by molar-refractivity contribution is 6.14. The zero-order valence-corrected chi connectivity index (χ0v) is 38.3. The van der Waals surface area contributed by atoms with Crippen LogP contribution in [-0.4, -0.2) is 67.0 Å². The Labute approximate surface area is 403 Å². The van der Waals surface area contributed by atoms with E-state index in [1.165, 1.54) is 0 Å². The van der Waals surface area contributed by atoms with Crippen molar-refractivity contribution in [1.29, 1.82) is 0 Å². The maximum Gasteiger partial charge on any atom is 0.408 e. The number of carbonyl (C=O) groups is 6. The number of benzene rings is 4. The minimum atomic E-state index is -0.977. The monoisotopic (exact) mass is 949 g/mol. The van der Waals surface area contributed by atoms with Gasteiger partial charge in [0.1, 0.15) is 18.6 Å². The minimum absolute atomic E-state index is 0.0878. The Morgan fingerprint density at radius 2 is 0.900 bits per heavy atom. The molecule has 0 aliphatic heterocycles. The fourth-order valence-corrected chi connectivity index (χ4v) is 7.57. The van der Waals surface area contributed by atoms with E-state index in [1.807, 2.05) is 103 Å². The molecular weight excluding hydrogens is 895 g/mol. The van der Waals surface area contributed by atoms with E-state index >= 15 is 0 Å². The van der Waals surface area contributed by atoms with Gasteiger partial charge in [-0.15, -0.1) is 0 Å². The number of ether oxygens (including phenoxy) is 1. The number of unbranched alkanes of at least 4 members (excludes halogenated alkanes) is 4. The summed E-state index contributed by atoms with van der Waals surface area (Å²) in [7, 11) is 0. The number of para-hydroxylation sites is 3. The van der Waals surface area contributed by atoms with Crippen LogP contribution in [0.4, 0.5) is 21.9 Å². The van der Waals surface area contributed by atoms with Gasteiger partial charge in [0.2, 0.25) is 29.5 Å². The topological polar surface area (TPSA) is 263 Å². The molecule has 0 saturated carbocycles. The first kappa shape index (κ1) is 51.0. The predicted molar refractivity (Wildman–Crippen MR) is 264 cm³/mol. The molecule has 0 bridgehead atoms. The Bertz CT molecular complexity index is 2780. The van der Waals surface area contributed by atoms with E-state index in [-0.39, 0.29) is 31.8 Å². The highest BCUT2D eigenvalue weighted by Crippen LogP contribution is 2.26. The number of carbonyl (C=O) groups excluding carboxylic acids is 6. The van der Waals surface area contributed by atoms with Gasteiger partial charge in [-0.1, -0.05) is 111 Å². The van der Waals surface area contributed by atoms with Crippen molar-refractivity contribution in [3.05, 3.63) is 145 Å². The molecule has 362 valence electrons. The van der Waals surface area contributed by atoms with E-state index in [0.717, 1.165) is 21.7 Å². The van der Waals surface area contributed by atoms with Gasteiger partial charge in [0.25, 0.3) is 0 Å². The van der Waals surface area contributed by atoms with Gasteiger partial charge in [-0.2, -0.15) is 0 Å². The second kappa shape index (κ2) is 26.9. The van der Waals surface area contributed by atoms with Crippen LogP contribution in [0.1, 0.15) is 69.8 Å². The predicted octanol–water partition coefficient (Wildman–Crippen LogP) is 8.36. The maximum atomic E-state index is 13.4. The standard InChI is InChI=1S/C27H27N5O4.C25H28N4O5/c33-23(32-36)15-3-1-2-12-20(26(34)30-21-13-4-8-18-10-6-16-28-24(18)21)27(35)31-22-14-5-9-19-11-7-17-29-25(19)22;30-22(29-33)15-6-2-5-13-21(28-25(32)34-17-18-9-3-1-4-10-18)24(31)27-20-14-7-11-19-12-8-16-26-23(19)20/h4-11,13-14,16-17,20,36H,1-3,12,15H2,(H,30,34)(H,31,35)(H,32,33);1,3-4,7-12,14,16,21,33H,2,5-6,13,15,17H2,(H,27,31)(H,28,32)(H,29,30)/t;21-/m.0/s1. The number of rotatable bonds is 21. The molecule has 70 heavy (non-hydrogen) atoms. The van der Waals surface area contributed by atoms with Crippen LogP contribution >= 0.6 is 0 Å². The molecule has 18 nitrogen and oxygen atoms in total. The number of fused-ring (bicyclic) bond motifs is 3. The number of nitrogens with one attached hydrogen (secondary N) is 6. The molecule has 3 aromatic heterocycles. The smallest absolute Gasteiger partial charge is 0.408 e. The van der Waals surface area contributed by atoms with Crippen LogP contribution in [0.2, 0.25) is 0 Å². The number of amides is 6. The number of alkyl carbamates (subject to hydrolysis) is 1. The van der Waals surface area contributed by atoms with Crippen LogP contribution in [0, 0.1) is 5.92 Å². The Kier molecular flexibility index (Phi) is 19.6. The van der Waals surface area contributed by atoms with Crippen LogP contribution in [0.3, 0.4) is 0 Å². The summed E-state index contributed by atoms with van der Waals surface area (Å²) in [5.41, 5.74) is 7.58. The molecule has 1 atom stereocenters. The van der Waals surface area contributed by atoms with Crippen molar-refractivity contribution in [2.75, 3.05) is 16.0 Å². The van der Waals surface area contributed by atoms with Gasteiger partial charge in [0.15, 0.2) is 0 Å². The molecule has 0 saturated heterocycles. The minimum Gasteiger partial charge on any atom is -0.445 e. The summed E-state index contributed by atoms with van der Waals surface area (Å²) in [6, 6.07) is 36.0. The van der Waals surface area contributed by atoms with E-state index in [2.05, 4.69) is 36.2 Å². The molecule has 0 spiro atoms. The first-order valence-corrected chi connectivity index (χ1v) is 22.9. The molecule has 0 aliphatic carbocycles. The molecule has 0 fully saturated rings. The normalized spacial score (nSPS) is 11.2. The Morgan fingerprint density at radius 1 is 0.471 bits per heavy atom. The van der Waals surface area contributed by atoms with Crippen molar-refractivity contribution in [1.82, 2.24) is 31.2 Å². The number of nitrogens with zero attached hydrogens (tertiary/aromatic N) is 3. The number of pyridine rings is 3. The lowest BCUT2D eigenvalue weighted by Gasteiger charge is -2.19. The fourth-order valence-electron chi connectivity index (χ4n) is 7.57. The summed E-state index contributed by atoms with van der Waals surface area (Å²) >= 11 is 0. The molecule has 3 heterocycles. The van der Waals surface area contributed by atoms with E-state index in [0.29, 0.717) is 78.6 Å². The number of hydroxylamine groups is 2. The molecular formula is C52H55N9O9. The molecule has 0 radical (unpaired) electrons. The number of hydrogen-bond acceptors (Lipinski definition) is 12. The van der Waals surface area contributed by atoms with Crippen molar-refractivity contribution in [3.63, 3.8) is 0 Å².